The van der Waals surface area contributed by atoms with Gasteiger partial charge in [0, 0.05) is 21.7 Å². The van der Waals surface area contributed by atoms with Crippen molar-refractivity contribution in [2.24, 2.45) is 10.7 Å². The van der Waals surface area contributed by atoms with Crippen LogP contribution in [0.1, 0.15) is 16.7 Å². The average molecular weight is 425 g/mol. The number of nitrogens with zero attached hydrogens (tertiary/aromatic N) is 1. The smallest absolute Gasteiger partial charge is 0.283 e. The first-order chi connectivity index (χ1) is 14.4. The first-order valence-electron chi connectivity index (χ1n) is 9.36. The SMILES string of the molecule is COc1ccc2c(c1)C1(COC(N)=N1)c1cc(-c3cc(Cl)c(C)cc3F)ccc1O2. The van der Waals surface area contributed by atoms with E-state index >= 15 is 0 Å². The number of benzene rings is 3. The second-order valence-electron chi connectivity index (χ2n) is 7.36. The number of hydrogen-bond donors (Lipinski definition) is 1. The summed E-state index contributed by atoms with van der Waals surface area (Å²) in [6, 6.07) is 14.1. The molecule has 1 spiro atoms. The molecule has 1 unspecified atom stereocenters. The summed E-state index contributed by atoms with van der Waals surface area (Å²) in [6.07, 6.45) is 0. The molecule has 0 saturated carbocycles. The first kappa shape index (κ1) is 18.8. The minimum atomic E-state index is -0.914. The van der Waals surface area contributed by atoms with Crippen LogP contribution in [0.2, 0.25) is 5.02 Å². The number of amidine groups is 1. The Balaban J connectivity index is 1.74. The zero-order chi connectivity index (χ0) is 21.0. The predicted molar refractivity (Wildman–Crippen MR) is 113 cm³/mol. The third-order valence-corrected chi connectivity index (χ3v) is 5.97. The van der Waals surface area contributed by atoms with Crippen molar-refractivity contribution < 1.29 is 18.6 Å². The first-order valence-corrected chi connectivity index (χ1v) is 9.74. The highest BCUT2D eigenvalue weighted by molar-refractivity contribution is 6.31. The Labute approximate surface area is 177 Å². The van der Waals surface area contributed by atoms with E-state index in [1.54, 1.807) is 32.2 Å². The van der Waals surface area contributed by atoms with Gasteiger partial charge in [0.25, 0.3) is 6.02 Å². The van der Waals surface area contributed by atoms with Crippen molar-refractivity contribution >= 4 is 17.6 Å². The molecule has 0 fully saturated rings. The third kappa shape index (κ3) is 2.71. The number of methoxy groups -OCH3 is 1. The van der Waals surface area contributed by atoms with Crippen molar-refractivity contribution in [2.45, 2.75) is 12.5 Å². The highest BCUT2D eigenvalue weighted by atomic mass is 35.5. The number of fused-ring (bicyclic) bond motifs is 4. The van der Waals surface area contributed by atoms with Gasteiger partial charge >= 0.3 is 0 Å². The zero-order valence-corrected chi connectivity index (χ0v) is 17.1. The lowest BCUT2D eigenvalue weighted by atomic mass is 9.80. The molecule has 2 heterocycles. The minimum Gasteiger partial charge on any atom is -0.497 e. The Morgan fingerprint density at radius 1 is 1.10 bits per heavy atom. The summed E-state index contributed by atoms with van der Waals surface area (Å²) in [6.45, 7) is 1.97. The van der Waals surface area contributed by atoms with Gasteiger partial charge in [0.1, 0.15) is 29.7 Å². The summed E-state index contributed by atoms with van der Waals surface area (Å²) >= 11 is 6.26. The van der Waals surface area contributed by atoms with E-state index in [1.807, 2.05) is 24.3 Å². The van der Waals surface area contributed by atoms with E-state index in [0.29, 0.717) is 39.0 Å². The monoisotopic (exact) mass is 424 g/mol. The van der Waals surface area contributed by atoms with E-state index < -0.39 is 5.54 Å². The number of ether oxygens (including phenoxy) is 3. The van der Waals surface area contributed by atoms with E-state index in [-0.39, 0.29) is 18.4 Å². The Hall–Kier alpha value is -3.25. The van der Waals surface area contributed by atoms with E-state index in [4.69, 9.17) is 31.5 Å². The lowest BCUT2D eigenvalue weighted by molar-refractivity contribution is 0.264. The van der Waals surface area contributed by atoms with Crippen LogP contribution in [0.25, 0.3) is 11.1 Å². The van der Waals surface area contributed by atoms with Crippen LogP contribution in [0, 0.1) is 12.7 Å². The van der Waals surface area contributed by atoms with Crippen molar-refractivity contribution in [1.82, 2.24) is 0 Å². The van der Waals surface area contributed by atoms with Crippen molar-refractivity contribution in [3.63, 3.8) is 0 Å². The van der Waals surface area contributed by atoms with Gasteiger partial charge in [-0.2, -0.15) is 0 Å². The van der Waals surface area contributed by atoms with Gasteiger partial charge in [-0.15, -0.1) is 0 Å². The Morgan fingerprint density at radius 2 is 1.83 bits per heavy atom. The van der Waals surface area contributed by atoms with E-state index in [9.17, 15) is 4.39 Å². The summed E-state index contributed by atoms with van der Waals surface area (Å²) in [5.41, 5.74) is 8.24. The van der Waals surface area contributed by atoms with Gasteiger partial charge in [-0.25, -0.2) is 9.38 Å². The highest BCUT2D eigenvalue weighted by Gasteiger charge is 2.47. The van der Waals surface area contributed by atoms with Gasteiger partial charge < -0.3 is 19.9 Å². The van der Waals surface area contributed by atoms with Crippen LogP contribution < -0.4 is 15.2 Å². The molecular weight excluding hydrogens is 407 g/mol. The lowest BCUT2D eigenvalue weighted by Crippen LogP contribution is -2.31. The topological polar surface area (TPSA) is 66.1 Å². The predicted octanol–water partition coefficient (Wildman–Crippen LogP) is 5.16. The normalized spacial score (nSPS) is 18.9. The molecule has 0 amide bonds. The van der Waals surface area contributed by atoms with Gasteiger partial charge in [0.05, 0.1) is 7.11 Å². The number of halogens is 2. The second-order valence-corrected chi connectivity index (χ2v) is 7.76. The molecule has 2 N–H and O–H groups in total. The molecule has 3 aromatic carbocycles. The molecule has 152 valence electrons. The molecule has 30 heavy (non-hydrogen) atoms. The number of hydrogen-bond acceptors (Lipinski definition) is 5. The fourth-order valence-corrected chi connectivity index (χ4v) is 4.16. The number of nitrogens with two attached hydrogens (primary N) is 1. The Kier molecular flexibility index (Phi) is 4.15. The quantitative estimate of drug-likeness (QED) is 0.617. The maximum atomic E-state index is 14.7. The van der Waals surface area contributed by atoms with Gasteiger partial charge in [0.15, 0.2) is 5.54 Å². The summed E-state index contributed by atoms with van der Waals surface area (Å²) in [7, 11) is 1.59. The van der Waals surface area contributed by atoms with Crippen LogP contribution in [-0.2, 0) is 10.3 Å². The number of aryl methyl sites for hydroxylation is 1. The maximum Gasteiger partial charge on any atom is 0.283 e. The molecule has 3 aromatic rings. The molecule has 0 aromatic heterocycles. The maximum absolute atomic E-state index is 14.7. The molecule has 1 atom stereocenters. The van der Waals surface area contributed by atoms with Crippen LogP contribution in [0.4, 0.5) is 4.39 Å². The van der Waals surface area contributed by atoms with Gasteiger partial charge in [-0.1, -0.05) is 17.7 Å². The van der Waals surface area contributed by atoms with Crippen molar-refractivity contribution in [3.05, 3.63) is 76.1 Å². The molecule has 0 radical (unpaired) electrons. The van der Waals surface area contributed by atoms with E-state index in [2.05, 4.69) is 4.99 Å². The van der Waals surface area contributed by atoms with Crippen molar-refractivity contribution in [1.29, 1.82) is 0 Å². The van der Waals surface area contributed by atoms with Crippen LogP contribution in [0.15, 0.2) is 53.5 Å². The molecule has 7 heteroatoms. The molecule has 0 aliphatic carbocycles. The van der Waals surface area contributed by atoms with Crippen molar-refractivity contribution in [2.75, 3.05) is 13.7 Å². The Bertz CT molecular complexity index is 1230. The number of rotatable bonds is 2. The summed E-state index contributed by atoms with van der Waals surface area (Å²) in [5.74, 6) is 1.56. The van der Waals surface area contributed by atoms with Crippen LogP contribution in [-0.4, -0.2) is 19.7 Å². The molecular formula is C23H18ClFN2O3. The van der Waals surface area contributed by atoms with Gasteiger partial charge in [-0.05, 0) is 60.5 Å². The minimum absolute atomic E-state index is 0.0894. The molecule has 0 saturated heterocycles. The summed E-state index contributed by atoms with van der Waals surface area (Å²) < 4.78 is 31.8. The zero-order valence-electron chi connectivity index (χ0n) is 16.3. The summed E-state index contributed by atoms with van der Waals surface area (Å²) in [4.78, 5) is 4.64. The molecule has 2 aliphatic heterocycles. The van der Waals surface area contributed by atoms with Gasteiger partial charge in [0.2, 0.25) is 0 Å². The van der Waals surface area contributed by atoms with Crippen LogP contribution in [0.5, 0.6) is 17.2 Å². The molecule has 0 bridgehead atoms. The molecule has 5 nitrogen and oxygen atoms in total. The molecule has 5 rings (SSSR count). The molecule has 2 aliphatic rings. The third-order valence-electron chi connectivity index (χ3n) is 5.57. The van der Waals surface area contributed by atoms with E-state index in [0.717, 1.165) is 11.1 Å². The summed E-state index contributed by atoms with van der Waals surface area (Å²) in [5, 5.41) is 0.497. The van der Waals surface area contributed by atoms with E-state index in [1.165, 1.54) is 6.07 Å². The number of aliphatic imine (C=N–C) groups is 1. The van der Waals surface area contributed by atoms with Crippen LogP contribution in [0.3, 0.4) is 0 Å². The highest BCUT2D eigenvalue weighted by Crippen LogP contribution is 2.52. The average Bonchev–Trinajstić information content (AvgIpc) is 3.13. The Morgan fingerprint density at radius 3 is 2.53 bits per heavy atom. The largest absolute Gasteiger partial charge is 0.497 e. The lowest BCUT2D eigenvalue weighted by Gasteiger charge is -2.34. The van der Waals surface area contributed by atoms with Gasteiger partial charge in [-0.3, -0.25) is 0 Å². The fraction of sp³-hybridized carbons (Fsp3) is 0.174. The van der Waals surface area contributed by atoms with Crippen LogP contribution >= 0.6 is 11.6 Å². The van der Waals surface area contributed by atoms with Crippen molar-refractivity contribution in [3.8, 4) is 28.4 Å². The fourth-order valence-electron chi connectivity index (χ4n) is 4.00. The standard InChI is InChI=1S/C23H18ClFN2O3/c1-12-7-19(25)15(10-18(12)24)13-3-5-20-16(8-13)23(11-29-22(26)27-23)17-9-14(28-2)4-6-21(17)30-20/h3-10H,11H2,1-2H3,(H2,26,27). The second kappa shape index (κ2) is 6.64.